The maximum Gasteiger partial charge on any atom is 4.00 e. The van der Waals surface area contributed by atoms with Crippen LogP contribution in [0.4, 0.5) is 0 Å². The summed E-state index contributed by atoms with van der Waals surface area (Å²) in [6, 6.07) is 0. The Bertz CT molecular complexity index is 819. The summed E-state index contributed by atoms with van der Waals surface area (Å²) in [5.74, 6) is 0. The van der Waals surface area contributed by atoms with Gasteiger partial charge in [0.1, 0.15) is 0 Å². The van der Waals surface area contributed by atoms with Crippen LogP contribution in [-0.4, -0.2) is 48.4 Å². The zero-order valence-electron chi connectivity index (χ0n) is 28.9. The molecule has 0 radical (unpaired) electrons. The van der Waals surface area contributed by atoms with Crippen LogP contribution in [0.25, 0.3) is 0 Å². The molecule has 2 aliphatic carbocycles. The van der Waals surface area contributed by atoms with Crippen molar-refractivity contribution in [3.05, 3.63) is 58.2 Å². The van der Waals surface area contributed by atoms with Crippen LogP contribution in [0.3, 0.4) is 0 Å². The van der Waals surface area contributed by atoms with E-state index >= 15 is 0 Å². The molecule has 0 aliphatic heterocycles. The van der Waals surface area contributed by atoms with Gasteiger partial charge in [-0.1, -0.05) is 131 Å². The molecule has 0 aromatic carbocycles. The van der Waals surface area contributed by atoms with E-state index in [1.165, 1.54) is 12.8 Å². The molecule has 0 amide bonds. The predicted molar refractivity (Wildman–Crippen MR) is 190 cm³/mol. The van der Waals surface area contributed by atoms with Gasteiger partial charge in [0.05, 0.1) is 16.1 Å². The monoisotopic (exact) mass is 640 g/mol. The molecular formula is C30H64Si6Ti. The second kappa shape index (κ2) is 13.8. The molecule has 212 valence electrons. The second-order valence-corrected chi connectivity index (χ2v) is 47.2. The SMILES string of the molecule is C[Si](C)(C)C1=[C-]C([Si](C)(C)C)=C([Si](C)(C)C)C1.C[Si](C)(C)C1=[C-]C([Si](C)(C)C)=C([Si](C)(C)C)C1.[CH3-].[CH3-].[Ti+4]. The molecule has 0 atom stereocenters. The van der Waals surface area contributed by atoms with Gasteiger partial charge < -0.3 is 14.9 Å². The van der Waals surface area contributed by atoms with Gasteiger partial charge in [-0.05, 0) is 16.1 Å². The fourth-order valence-corrected chi connectivity index (χ4v) is 18.1. The molecule has 0 N–H and O–H groups in total. The maximum absolute atomic E-state index is 3.88. The zero-order chi connectivity index (χ0) is 27.3. The summed E-state index contributed by atoms with van der Waals surface area (Å²) in [6.07, 6.45) is 10.3. The Balaban J connectivity index is -0.000000578. The molecular weight excluding hydrogens is 577 g/mol. The third kappa shape index (κ3) is 12.2. The van der Waals surface area contributed by atoms with Crippen molar-refractivity contribution in [3.8, 4) is 0 Å². The smallest absolute Gasteiger partial charge is 0.358 e. The Morgan fingerprint density at radius 1 is 0.378 bits per heavy atom. The van der Waals surface area contributed by atoms with Gasteiger partial charge in [-0.25, -0.2) is 20.8 Å². The molecule has 0 unspecified atom stereocenters. The Morgan fingerprint density at radius 2 is 0.595 bits per heavy atom. The number of hydrogen-bond donors (Lipinski definition) is 0. The van der Waals surface area contributed by atoms with Crippen LogP contribution in [0.2, 0.25) is 118 Å². The van der Waals surface area contributed by atoms with Crippen molar-refractivity contribution in [2.45, 2.75) is 131 Å². The fourth-order valence-electron chi connectivity index (χ4n) is 4.54. The van der Waals surface area contributed by atoms with Crippen LogP contribution >= 0.6 is 0 Å². The Kier molecular flexibility index (Phi) is 15.8. The van der Waals surface area contributed by atoms with Crippen molar-refractivity contribution >= 4 is 48.4 Å². The van der Waals surface area contributed by atoms with E-state index in [9.17, 15) is 0 Å². The number of hydrogen-bond acceptors (Lipinski definition) is 0. The molecule has 0 spiro atoms. The Hall–Kier alpha value is 0.976. The molecule has 0 bridgehead atoms. The maximum atomic E-state index is 3.88. The van der Waals surface area contributed by atoms with E-state index in [1.807, 2.05) is 10.4 Å². The van der Waals surface area contributed by atoms with Crippen molar-refractivity contribution < 1.29 is 21.7 Å². The molecule has 0 saturated carbocycles. The number of allylic oxidation sites excluding steroid dienone is 8. The van der Waals surface area contributed by atoms with Crippen molar-refractivity contribution in [2.75, 3.05) is 0 Å². The fraction of sp³-hybridized carbons (Fsp3) is 0.667. The van der Waals surface area contributed by atoms with Gasteiger partial charge in [0.25, 0.3) is 0 Å². The van der Waals surface area contributed by atoms with Crippen molar-refractivity contribution in [3.63, 3.8) is 0 Å². The van der Waals surface area contributed by atoms with Gasteiger partial charge in [-0.2, -0.15) is 10.4 Å². The van der Waals surface area contributed by atoms with Gasteiger partial charge in [0.2, 0.25) is 0 Å². The first-order valence-corrected chi connectivity index (χ1v) is 34.4. The van der Waals surface area contributed by atoms with E-state index in [0.717, 1.165) is 0 Å². The molecule has 37 heavy (non-hydrogen) atoms. The standard InChI is InChI=1S/2C14H29Si3.2CH3.Ti/c2*1-15(2,3)12-10-13(16(4,5)6)14(11-12)17(7,8)9;;;/h2*10H2,1-9H3;2*1H3;/q4*-1;+4. The molecule has 0 saturated heterocycles. The van der Waals surface area contributed by atoms with E-state index in [1.54, 1.807) is 20.8 Å². The third-order valence-electron chi connectivity index (χ3n) is 6.98. The molecule has 0 aromatic heterocycles. The first-order chi connectivity index (χ1) is 14.7. The summed E-state index contributed by atoms with van der Waals surface area (Å²) < 4.78 is 0. The van der Waals surface area contributed by atoms with Crippen LogP contribution in [-0.2, 0) is 21.7 Å². The normalized spacial score (nSPS) is 17.2. The van der Waals surface area contributed by atoms with Crippen LogP contribution in [0, 0.1) is 27.0 Å². The third-order valence-corrected chi connectivity index (χ3v) is 20.0. The summed E-state index contributed by atoms with van der Waals surface area (Å²) in [5, 5.41) is 10.3. The first kappa shape index (κ1) is 42.4. The zero-order valence-corrected chi connectivity index (χ0v) is 36.5. The van der Waals surface area contributed by atoms with E-state index in [2.05, 4.69) is 130 Å². The molecule has 2 aliphatic rings. The minimum absolute atomic E-state index is 0. The van der Waals surface area contributed by atoms with Crippen LogP contribution < -0.4 is 0 Å². The van der Waals surface area contributed by atoms with E-state index in [0.29, 0.717) is 0 Å². The molecule has 0 heterocycles. The van der Waals surface area contributed by atoms with Crippen LogP contribution in [0.15, 0.2) is 31.2 Å². The quantitative estimate of drug-likeness (QED) is 0.200. The summed E-state index contributed by atoms with van der Waals surface area (Å²) in [4.78, 5) is 0. The summed E-state index contributed by atoms with van der Waals surface area (Å²) in [7, 11) is -7.07. The van der Waals surface area contributed by atoms with E-state index in [4.69, 9.17) is 0 Å². The van der Waals surface area contributed by atoms with Gasteiger partial charge in [-0.3, -0.25) is 12.2 Å². The average Bonchev–Trinajstić information content (AvgIpc) is 3.18. The first-order valence-electron chi connectivity index (χ1n) is 13.4. The van der Waals surface area contributed by atoms with Gasteiger partial charge in [0, 0.05) is 16.1 Å². The van der Waals surface area contributed by atoms with E-state index < -0.39 is 48.4 Å². The average molecular weight is 641 g/mol. The van der Waals surface area contributed by atoms with Crippen LogP contribution in [0.5, 0.6) is 0 Å². The second-order valence-electron chi connectivity index (χ2n) is 16.8. The Labute approximate surface area is 257 Å². The summed E-state index contributed by atoms with van der Waals surface area (Å²) in [6.45, 7) is 44.6. The molecule has 2 rings (SSSR count). The topological polar surface area (TPSA) is 0 Å². The molecule has 0 aromatic rings. The van der Waals surface area contributed by atoms with Crippen molar-refractivity contribution in [2.24, 2.45) is 0 Å². The minimum Gasteiger partial charge on any atom is -0.358 e. The predicted octanol–water partition coefficient (Wildman–Crippen LogP) is 11.0. The van der Waals surface area contributed by atoms with Gasteiger partial charge in [0.15, 0.2) is 0 Å². The summed E-state index contributed by atoms with van der Waals surface area (Å²) in [5.41, 5.74) is 0. The number of rotatable bonds is 6. The van der Waals surface area contributed by atoms with E-state index in [-0.39, 0.29) is 36.6 Å². The van der Waals surface area contributed by atoms with Gasteiger partial charge in [-0.15, -0.1) is 0 Å². The van der Waals surface area contributed by atoms with Crippen LogP contribution in [0.1, 0.15) is 12.8 Å². The molecule has 0 fully saturated rings. The molecule has 7 heteroatoms. The largest absolute Gasteiger partial charge is 4.00 e. The van der Waals surface area contributed by atoms with Gasteiger partial charge >= 0.3 is 21.7 Å². The minimum atomic E-state index is -1.21. The molecule has 0 nitrogen and oxygen atoms in total. The Morgan fingerprint density at radius 3 is 0.703 bits per heavy atom. The van der Waals surface area contributed by atoms with Crippen molar-refractivity contribution in [1.82, 2.24) is 0 Å². The summed E-state index contributed by atoms with van der Waals surface area (Å²) >= 11 is 0. The van der Waals surface area contributed by atoms with Crippen molar-refractivity contribution in [1.29, 1.82) is 0 Å².